The Bertz CT molecular complexity index is 1360. The average Bonchev–Trinajstić information content (AvgIpc) is 2.78. The van der Waals surface area contributed by atoms with Gasteiger partial charge in [0, 0.05) is 31.3 Å². The molecule has 0 radical (unpaired) electrons. The van der Waals surface area contributed by atoms with E-state index in [0.717, 1.165) is 19.2 Å². The van der Waals surface area contributed by atoms with E-state index < -0.39 is 47.2 Å². The maximum Gasteiger partial charge on any atom is 0.431 e. The van der Waals surface area contributed by atoms with Gasteiger partial charge in [-0.25, -0.2) is 23.5 Å². The van der Waals surface area contributed by atoms with Crippen LogP contribution in [0.2, 0.25) is 5.02 Å². The van der Waals surface area contributed by atoms with E-state index in [2.05, 4.69) is 4.99 Å². The van der Waals surface area contributed by atoms with Crippen molar-refractivity contribution in [2.45, 2.75) is 26.4 Å². The molecule has 9 nitrogen and oxygen atoms in total. The van der Waals surface area contributed by atoms with Gasteiger partial charge in [-0.2, -0.15) is 13.2 Å². The molecule has 2 aromatic rings. The highest BCUT2D eigenvalue weighted by Gasteiger charge is 2.35. The lowest BCUT2D eigenvalue weighted by Gasteiger charge is -2.22. The van der Waals surface area contributed by atoms with Crippen LogP contribution in [0.15, 0.2) is 44.4 Å². The van der Waals surface area contributed by atoms with Crippen LogP contribution < -0.4 is 16.0 Å². The van der Waals surface area contributed by atoms with E-state index in [-0.39, 0.29) is 50.1 Å². The molecule has 0 aliphatic carbocycles. The molecule has 0 N–H and O–H groups in total. The summed E-state index contributed by atoms with van der Waals surface area (Å²) >= 11 is 6.11. The number of allylic oxidation sites excluding steroid dienone is 1. The van der Waals surface area contributed by atoms with Crippen LogP contribution in [0.5, 0.6) is 5.75 Å². The second-order valence-corrected chi connectivity index (χ2v) is 8.00. The van der Waals surface area contributed by atoms with Crippen molar-refractivity contribution in [1.82, 2.24) is 9.13 Å². The summed E-state index contributed by atoms with van der Waals surface area (Å²) in [6.07, 6.45) is -3.05. The molecule has 3 rings (SSSR count). The molecule has 0 bridgehead atoms. The monoisotopic (exact) mass is 533 g/mol. The van der Waals surface area contributed by atoms with Gasteiger partial charge in [-0.05, 0) is 19.4 Å². The van der Waals surface area contributed by atoms with Crippen molar-refractivity contribution in [2.24, 2.45) is 18.0 Å². The lowest BCUT2D eigenvalue weighted by Crippen LogP contribution is -2.41. The summed E-state index contributed by atoms with van der Waals surface area (Å²) in [6, 6.07) is 1.82. The van der Waals surface area contributed by atoms with E-state index in [0.29, 0.717) is 6.42 Å². The maximum atomic E-state index is 14.8. The molecule has 0 saturated carbocycles. The first-order valence-corrected chi connectivity index (χ1v) is 10.9. The van der Waals surface area contributed by atoms with Gasteiger partial charge in [0.1, 0.15) is 17.3 Å². The number of ether oxygens (including phenoxy) is 3. The van der Waals surface area contributed by atoms with Gasteiger partial charge in [0.15, 0.2) is 12.4 Å². The van der Waals surface area contributed by atoms with Crippen molar-refractivity contribution < 1.29 is 36.6 Å². The molecule has 2 heterocycles. The standard InChI is InChI=1S/C22H20ClF4N3O6/c1-4-34-18(32)10-35-20-19(11(2)5-6-28-20)36-15-8-14(13(24)7-12(15)23)30-17(31)9-16(22(25,26)27)29(3)21(30)33/h6-9,11H,4-5,10H2,1-3H3. The van der Waals surface area contributed by atoms with E-state index in [1.165, 1.54) is 6.21 Å². The van der Waals surface area contributed by atoms with Crippen LogP contribution in [0, 0.1) is 11.7 Å². The van der Waals surface area contributed by atoms with Crippen LogP contribution in [0.1, 0.15) is 26.0 Å². The first kappa shape index (κ1) is 27.0. The third kappa shape index (κ3) is 5.61. The van der Waals surface area contributed by atoms with Gasteiger partial charge >= 0.3 is 17.8 Å². The zero-order valence-electron chi connectivity index (χ0n) is 19.2. The van der Waals surface area contributed by atoms with Crippen LogP contribution in [-0.2, 0) is 27.5 Å². The van der Waals surface area contributed by atoms with Crippen LogP contribution in [-0.4, -0.2) is 34.5 Å². The van der Waals surface area contributed by atoms with Crippen molar-refractivity contribution in [1.29, 1.82) is 0 Å². The van der Waals surface area contributed by atoms with Crippen LogP contribution in [0.25, 0.3) is 5.69 Å². The summed E-state index contributed by atoms with van der Waals surface area (Å²) in [5, 5.41) is -0.271. The summed E-state index contributed by atoms with van der Waals surface area (Å²) in [5.74, 6) is -2.37. The van der Waals surface area contributed by atoms with E-state index in [1.54, 1.807) is 13.8 Å². The smallest absolute Gasteiger partial charge is 0.431 e. The van der Waals surface area contributed by atoms with Crippen molar-refractivity contribution >= 4 is 23.8 Å². The SMILES string of the molecule is CCOC(=O)COC1=C(Oc2cc(-n3c(=O)cc(C(F)(F)F)n(C)c3=O)c(F)cc2Cl)C(C)CC=N1. The topological polar surface area (TPSA) is 101 Å². The Balaban J connectivity index is 2.08. The largest absolute Gasteiger partial charge is 0.463 e. The Morgan fingerprint density at radius 3 is 2.58 bits per heavy atom. The highest BCUT2D eigenvalue weighted by atomic mass is 35.5. The molecule has 0 fully saturated rings. The zero-order valence-corrected chi connectivity index (χ0v) is 19.9. The van der Waals surface area contributed by atoms with Gasteiger partial charge in [-0.15, -0.1) is 0 Å². The van der Waals surface area contributed by atoms with Gasteiger partial charge in [-0.3, -0.25) is 9.36 Å². The normalized spacial score (nSPS) is 15.7. The Morgan fingerprint density at radius 2 is 1.94 bits per heavy atom. The molecule has 1 aromatic heterocycles. The molecule has 1 aliphatic heterocycles. The van der Waals surface area contributed by atoms with E-state index in [9.17, 15) is 31.9 Å². The Kier molecular flexibility index (Phi) is 7.92. The molecule has 0 amide bonds. The molecular formula is C22H20ClF4N3O6. The van der Waals surface area contributed by atoms with Gasteiger partial charge in [0.05, 0.1) is 17.3 Å². The minimum absolute atomic E-state index is 0.0774. The number of rotatable bonds is 7. The number of nitrogens with zero attached hydrogens (tertiary/aromatic N) is 3. The predicted octanol–water partition coefficient (Wildman–Crippen LogP) is 3.59. The van der Waals surface area contributed by atoms with Crippen molar-refractivity contribution in [3.63, 3.8) is 0 Å². The summed E-state index contributed by atoms with van der Waals surface area (Å²) in [4.78, 5) is 40.7. The summed E-state index contributed by atoms with van der Waals surface area (Å²) in [7, 11) is 0.798. The number of carbonyl (C=O) groups is 1. The third-order valence-corrected chi connectivity index (χ3v) is 5.33. The van der Waals surface area contributed by atoms with Crippen LogP contribution in [0.4, 0.5) is 17.6 Å². The Morgan fingerprint density at radius 1 is 1.25 bits per heavy atom. The summed E-state index contributed by atoms with van der Waals surface area (Å²) in [5.41, 5.74) is -5.03. The quantitative estimate of drug-likeness (QED) is 0.398. The molecule has 1 aromatic carbocycles. The minimum atomic E-state index is -4.98. The molecular weight excluding hydrogens is 514 g/mol. The molecule has 1 unspecified atom stereocenters. The van der Waals surface area contributed by atoms with Gasteiger partial charge in [0.25, 0.3) is 11.4 Å². The van der Waals surface area contributed by atoms with Crippen molar-refractivity contribution in [3.8, 4) is 11.4 Å². The molecule has 1 atom stereocenters. The highest BCUT2D eigenvalue weighted by molar-refractivity contribution is 6.32. The first-order chi connectivity index (χ1) is 16.8. The number of esters is 1. The zero-order chi connectivity index (χ0) is 26.8. The highest BCUT2D eigenvalue weighted by Crippen LogP contribution is 2.34. The van der Waals surface area contributed by atoms with Crippen LogP contribution in [0.3, 0.4) is 0 Å². The number of aromatic nitrogens is 2. The second kappa shape index (κ2) is 10.6. The molecule has 36 heavy (non-hydrogen) atoms. The Hall–Kier alpha value is -3.61. The van der Waals surface area contributed by atoms with Crippen molar-refractivity contribution in [3.05, 3.63) is 67.2 Å². The number of halogens is 5. The fourth-order valence-electron chi connectivity index (χ4n) is 3.26. The average molecular weight is 534 g/mol. The lowest BCUT2D eigenvalue weighted by molar-refractivity contribution is -0.147. The van der Waals surface area contributed by atoms with E-state index >= 15 is 0 Å². The summed E-state index contributed by atoms with van der Waals surface area (Å²) in [6.45, 7) is 3.03. The molecule has 0 saturated heterocycles. The number of benzene rings is 1. The van der Waals surface area contributed by atoms with E-state index in [4.69, 9.17) is 25.8 Å². The fourth-order valence-corrected chi connectivity index (χ4v) is 3.45. The van der Waals surface area contributed by atoms with Gasteiger partial charge in [0.2, 0.25) is 0 Å². The number of carbonyl (C=O) groups excluding carboxylic acids is 1. The number of hydrogen-bond donors (Lipinski definition) is 0. The fraction of sp³-hybridized carbons (Fsp3) is 0.364. The first-order valence-electron chi connectivity index (χ1n) is 10.5. The molecule has 194 valence electrons. The van der Waals surface area contributed by atoms with E-state index in [1.807, 2.05) is 0 Å². The summed E-state index contributed by atoms with van der Waals surface area (Å²) < 4.78 is 70.6. The van der Waals surface area contributed by atoms with Gasteiger partial charge < -0.3 is 14.2 Å². The Labute approximate surface area is 206 Å². The minimum Gasteiger partial charge on any atom is -0.463 e. The maximum absolute atomic E-state index is 14.8. The second-order valence-electron chi connectivity index (χ2n) is 7.59. The third-order valence-electron chi connectivity index (χ3n) is 5.03. The number of alkyl halides is 3. The molecule has 1 aliphatic rings. The van der Waals surface area contributed by atoms with Crippen molar-refractivity contribution in [2.75, 3.05) is 13.2 Å². The number of hydrogen-bond acceptors (Lipinski definition) is 7. The van der Waals surface area contributed by atoms with Gasteiger partial charge in [-0.1, -0.05) is 18.5 Å². The van der Waals surface area contributed by atoms with Crippen LogP contribution >= 0.6 is 11.6 Å². The molecule has 14 heteroatoms. The predicted molar refractivity (Wildman–Crippen MR) is 120 cm³/mol. The molecule has 0 spiro atoms. The lowest BCUT2D eigenvalue weighted by atomic mass is 10.0. The number of aliphatic imine (C=N–C) groups is 1.